The second kappa shape index (κ2) is 4.94. The molecule has 0 aliphatic carbocycles. The van der Waals surface area contributed by atoms with E-state index in [-0.39, 0.29) is 5.41 Å². The SMILES string of the molecule is CC(C)(C)c1ccc(CC2CC3CCC(C2)N3)cc1. The van der Waals surface area contributed by atoms with E-state index in [9.17, 15) is 0 Å². The zero-order chi connectivity index (χ0) is 13.5. The second-order valence-electron chi connectivity index (χ2n) is 7.63. The summed E-state index contributed by atoms with van der Waals surface area (Å²) in [6.45, 7) is 6.85. The van der Waals surface area contributed by atoms with Crippen LogP contribution in [0.3, 0.4) is 0 Å². The summed E-state index contributed by atoms with van der Waals surface area (Å²) < 4.78 is 0. The topological polar surface area (TPSA) is 12.0 Å². The number of fused-ring (bicyclic) bond motifs is 2. The van der Waals surface area contributed by atoms with E-state index in [4.69, 9.17) is 0 Å². The third-order valence-corrected chi connectivity index (χ3v) is 4.92. The van der Waals surface area contributed by atoms with Crippen LogP contribution in [0.25, 0.3) is 0 Å². The maximum atomic E-state index is 3.74. The molecule has 2 fully saturated rings. The Morgan fingerprint density at radius 3 is 2.11 bits per heavy atom. The highest BCUT2D eigenvalue weighted by molar-refractivity contribution is 5.27. The van der Waals surface area contributed by atoms with E-state index in [1.165, 1.54) is 43.2 Å². The molecule has 2 bridgehead atoms. The van der Waals surface area contributed by atoms with E-state index in [1.807, 2.05) is 0 Å². The van der Waals surface area contributed by atoms with E-state index >= 15 is 0 Å². The van der Waals surface area contributed by atoms with Gasteiger partial charge in [-0.05, 0) is 54.6 Å². The second-order valence-corrected chi connectivity index (χ2v) is 7.63. The van der Waals surface area contributed by atoms with Crippen molar-refractivity contribution in [1.82, 2.24) is 5.32 Å². The van der Waals surface area contributed by atoms with Gasteiger partial charge in [0.2, 0.25) is 0 Å². The minimum atomic E-state index is 0.270. The molecule has 0 spiro atoms. The molecule has 2 atom stereocenters. The van der Waals surface area contributed by atoms with Crippen LogP contribution >= 0.6 is 0 Å². The van der Waals surface area contributed by atoms with Crippen molar-refractivity contribution in [2.45, 2.75) is 70.4 Å². The molecule has 0 saturated carbocycles. The summed E-state index contributed by atoms with van der Waals surface area (Å²) in [6, 6.07) is 11.0. The summed E-state index contributed by atoms with van der Waals surface area (Å²) in [7, 11) is 0. The molecule has 19 heavy (non-hydrogen) atoms. The zero-order valence-electron chi connectivity index (χ0n) is 12.6. The third kappa shape index (κ3) is 3.02. The van der Waals surface area contributed by atoms with Crippen molar-refractivity contribution in [3.63, 3.8) is 0 Å². The van der Waals surface area contributed by atoms with E-state index in [0.717, 1.165) is 18.0 Å². The van der Waals surface area contributed by atoms with Crippen molar-refractivity contribution in [1.29, 1.82) is 0 Å². The molecule has 0 amide bonds. The van der Waals surface area contributed by atoms with Crippen molar-refractivity contribution in [3.05, 3.63) is 35.4 Å². The number of piperidine rings is 1. The molecule has 2 aliphatic heterocycles. The molecule has 2 aliphatic rings. The maximum absolute atomic E-state index is 3.74. The van der Waals surface area contributed by atoms with Crippen LogP contribution in [-0.4, -0.2) is 12.1 Å². The first-order chi connectivity index (χ1) is 9.00. The summed E-state index contributed by atoms with van der Waals surface area (Å²) >= 11 is 0. The van der Waals surface area contributed by atoms with Gasteiger partial charge in [0.25, 0.3) is 0 Å². The highest BCUT2D eigenvalue weighted by atomic mass is 15.0. The van der Waals surface area contributed by atoms with E-state index < -0.39 is 0 Å². The van der Waals surface area contributed by atoms with Crippen LogP contribution < -0.4 is 5.32 Å². The van der Waals surface area contributed by atoms with Crippen molar-refractivity contribution in [3.8, 4) is 0 Å². The Morgan fingerprint density at radius 1 is 1.00 bits per heavy atom. The smallest absolute Gasteiger partial charge is 0.00729 e. The molecule has 0 radical (unpaired) electrons. The van der Waals surface area contributed by atoms with E-state index in [1.54, 1.807) is 0 Å². The van der Waals surface area contributed by atoms with Crippen LogP contribution in [0.15, 0.2) is 24.3 Å². The lowest BCUT2D eigenvalue weighted by Gasteiger charge is -2.29. The molecule has 104 valence electrons. The van der Waals surface area contributed by atoms with Crippen molar-refractivity contribution in [2.75, 3.05) is 0 Å². The average Bonchev–Trinajstić information content (AvgIpc) is 2.68. The fourth-order valence-corrected chi connectivity index (χ4v) is 3.82. The maximum Gasteiger partial charge on any atom is 0.00729 e. The van der Waals surface area contributed by atoms with Gasteiger partial charge in [0.05, 0.1) is 0 Å². The Bertz CT molecular complexity index is 414. The number of hydrogen-bond donors (Lipinski definition) is 1. The number of rotatable bonds is 2. The van der Waals surface area contributed by atoms with Gasteiger partial charge in [-0.2, -0.15) is 0 Å². The predicted octanol–water partition coefficient (Wildman–Crippen LogP) is 4.06. The molecule has 2 heterocycles. The first kappa shape index (κ1) is 13.2. The summed E-state index contributed by atoms with van der Waals surface area (Å²) in [6.07, 6.45) is 6.86. The van der Waals surface area contributed by atoms with Gasteiger partial charge in [0, 0.05) is 12.1 Å². The molecule has 1 heteroatoms. The number of hydrogen-bond acceptors (Lipinski definition) is 1. The van der Waals surface area contributed by atoms with Gasteiger partial charge in [-0.15, -0.1) is 0 Å². The largest absolute Gasteiger partial charge is 0.311 e. The van der Waals surface area contributed by atoms with Gasteiger partial charge >= 0.3 is 0 Å². The van der Waals surface area contributed by atoms with Crippen LogP contribution in [0.1, 0.15) is 57.6 Å². The highest BCUT2D eigenvalue weighted by Crippen LogP contribution is 2.33. The fourth-order valence-electron chi connectivity index (χ4n) is 3.82. The van der Waals surface area contributed by atoms with Crippen molar-refractivity contribution in [2.24, 2.45) is 5.92 Å². The summed E-state index contributed by atoms with van der Waals surface area (Å²) in [5, 5.41) is 3.74. The average molecular weight is 257 g/mol. The summed E-state index contributed by atoms with van der Waals surface area (Å²) in [4.78, 5) is 0. The lowest BCUT2D eigenvalue weighted by Crippen LogP contribution is -2.38. The Balaban J connectivity index is 1.64. The number of benzene rings is 1. The Hall–Kier alpha value is -0.820. The van der Waals surface area contributed by atoms with E-state index in [0.29, 0.717) is 0 Å². The first-order valence-electron chi connectivity index (χ1n) is 7.86. The Labute approximate surface area is 117 Å². The van der Waals surface area contributed by atoms with Gasteiger partial charge in [0.15, 0.2) is 0 Å². The van der Waals surface area contributed by atoms with Crippen LogP contribution in [0, 0.1) is 5.92 Å². The summed E-state index contributed by atoms with van der Waals surface area (Å²) in [5.74, 6) is 0.902. The van der Waals surface area contributed by atoms with Crippen molar-refractivity contribution < 1.29 is 0 Å². The minimum absolute atomic E-state index is 0.270. The molecular weight excluding hydrogens is 230 g/mol. The minimum Gasteiger partial charge on any atom is -0.311 e. The molecular formula is C18H27N. The van der Waals surface area contributed by atoms with Gasteiger partial charge in [-0.3, -0.25) is 0 Å². The van der Waals surface area contributed by atoms with Gasteiger partial charge in [0.1, 0.15) is 0 Å². The standard InChI is InChI=1S/C18H27N/c1-18(2,3)15-6-4-13(5-7-15)10-14-11-16-8-9-17(12-14)19-16/h4-7,14,16-17,19H,8-12H2,1-3H3. The van der Waals surface area contributed by atoms with Crippen LogP contribution in [0.2, 0.25) is 0 Å². The zero-order valence-corrected chi connectivity index (χ0v) is 12.6. The molecule has 2 unspecified atom stereocenters. The molecule has 1 aromatic rings. The predicted molar refractivity (Wildman–Crippen MR) is 81.5 cm³/mol. The first-order valence-corrected chi connectivity index (χ1v) is 7.86. The monoisotopic (exact) mass is 257 g/mol. The lowest BCUT2D eigenvalue weighted by atomic mass is 9.84. The van der Waals surface area contributed by atoms with Gasteiger partial charge in [-0.1, -0.05) is 45.0 Å². The van der Waals surface area contributed by atoms with Crippen LogP contribution in [0.5, 0.6) is 0 Å². The van der Waals surface area contributed by atoms with Gasteiger partial charge < -0.3 is 5.32 Å². The Morgan fingerprint density at radius 2 is 1.58 bits per heavy atom. The summed E-state index contributed by atoms with van der Waals surface area (Å²) in [5.41, 5.74) is 3.24. The molecule has 1 N–H and O–H groups in total. The quantitative estimate of drug-likeness (QED) is 0.842. The van der Waals surface area contributed by atoms with Gasteiger partial charge in [-0.25, -0.2) is 0 Å². The lowest BCUT2D eigenvalue weighted by molar-refractivity contribution is 0.298. The van der Waals surface area contributed by atoms with E-state index in [2.05, 4.69) is 50.4 Å². The Kier molecular flexibility index (Phi) is 3.42. The fraction of sp³-hybridized carbons (Fsp3) is 0.667. The molecule has 1 nitrogen and oxygen atoms in total. The third-order valence-electron chi connectivity index (χ3n) is 4.92. The highest BCUT2D eigenvalue weighted by Gasteiger charge is 2.33. The van der Waals surface area contributed by atoms with Crippen LogP contribution in [0.4, 0.5) is 0 Å². The van der Waals surface area contributed by atoms with Crippen LogP contribution in [-0.2, 0) is 11.8 Å². The molecule has 2 saturated heterocycles. The molecule has 3 rings (SSSR count). The molecule has 0 aromatic heterocycles. The van der Waals surface area contributed by atoms with Crippen molar-refractivity contribution >= 4 is 0 Å². The number of nitrogens with one attached hydrogen (secondary N) is 1. The normalized spacial score (nSPS) is 30.6. The molecule has 1 aromatic carbocycles.